The Bertz CT molecular complexity index is 761. The van der Waals surface area contributed by atoms with E-state index in [0.717, 1.165) is 24.1 Å². The fourth-order valence-corrected chi connectivity index (χ4v) is 2.93. The summed E-state index contributed by atoms with van der Waals surface area (Å²) >= 11 is 3.36. The third-order valence-corrected chi connectivity index (χ3v) is 4.59. The van der Waals surface area contributed by atoms with Gasteiger partial charge in [0, 0.05) is 34.5 Å². The first-order valence-electron chi connectivity index (χ1n) is 8.96. The normalized spacial score (nSPS) is 10.5. The molecule has 0 aliphatic carbocycles. The van der Waals surface area contributed by atoms with E-state index in [1.54, 1.807) is 30.3 Å². The van der Waals surface area contributed by atoms with Gasteiger partial charge in [0.15, 0.2) is 0 Å². The van der Waals surface area contributed by atoms with Gasteiger partial charge in [0.25, 0.3) is 5.91 Å². The highest BCUT2D eigenvalue weighted by atomic mass is 79.9. The zero-order valence-electron chi connectivity index (χ0n) is 15.6. The minimum atomic E-state index is -0.343. The Morgan fingerprint density at radius 2 is 1.63 bits per heavy atom. The van der Waals surface area contributed by atoms with Crippen LogP contribution in [0.4, 0.5) is 16.2 Å². The van der Waals surface area contributed by atoms with Crippen LogP contribution in [-0.2, 0) is 0 Å². The molecule has 7 heteroatoms. The van der Waals surface area contributed by atoms with Crippen LogP contribution < -0.4 is 16.0 Å². The number of carbonyl (C=O) groups is 2. The molecule has 3 N–H and O–H groups in total. The second-order valence-electron chi connectivity index (χ2n) is 5.95. The summed E-state index contributed by atoms with van der Waals surface area (Å²) in [6.07, 6.45) is 0. The number of likely N-dealkylation sites (N-methyl/N-ethyl adjacent to an activating group) is 1. The SMILES string of the molecule is CCN(CC)CCNC(=O)c1ccc(NC(=O)Nc2cccc(Br)c2)cc1. The van der Waals surface area contributed by atoms with Gasteiger partial charge in [-0.15, -0.1) is 0 Å². The van der Waals surface area contributed by atoms with E-state index >= 15 is 0 Å². The maximum atomic E-state index is 12.2. The molecule has 0 saturated heterocycles. The van der Waals surface area contributed by atoms with Crippen molar-refractivity contribution >= 4 is 39.2 Å². The molecule has 0 atom stereocenters. The molecule has 3 amide bonds. The summed E-state index contributed by atoms with van der Waals surface area (Å²) in [5.74, 6) is -0.118. The Labute approximate surface area is 168 Å². The number of hydrogen-bond acceptors (Lipinski definition) is 3. The second kappa shape index (κ2) is 10.7. The van der Waals surface area contributed by atoms with E-state index in [1.807, 2.05) is 18.2 Å². The molecule has 27 heavy (non-hydrogen) atoms. The van der Waals surface area contributed by atoms with E-state index in [9.17, 15) is 9.59 Å². The molecular weight excluding hydrogens is 408 g/mol. The zero-order valence-corrected chi connectivity index (χ0v) is 17.2. The third-order valence-electron chi connectivity index (χ3n) is 4.10. The molecule has 2 aromatic carbocycles. The van der Waals surface area contributed by atoms with Crippen molar-refractivity contribution in [2.45, 2.75) is 13.8 Å². The van der Waals surface area contributed by atoms with Gasteiger partial charge >= 0.3 is 6.03 Å². The Morgan fingerprint density at radius 3 is 2.26 bits per heavy atom. The van der Waals surface area contributed by atoms with Gasteiger partial charge in [-0.3, -0.25) is 4.79 Å². The molecular formula is C20H25BrN4O2. The van der Waals surface area contributed by atoms with Crippen molar-refractivity contribution in [2.75, 3.05) is 36.8 Å². The topological polar surface area (TPSA) is 73.5 Å². The number of amides is 3. The van der Waals surface area contributed by atoms with Crippen LogP contribution in [0.25, 0.3) is 0 Å². The lowest BCUT2D eigenvalue weighted by Crippen LogP contribution is -2.34. The van der Waals surface area contributed by atoms with Crippen LogP contribution in [0.5, 0.6) is 0 Å². The molecule has 0 heterocycles. The highest BCUT2D eigenvalue weighted by molar-refractivity contribution is 9.10. The lowest BCUT2D eigenvalue weighted by molar-refractivity contribution is 0.0949. The molecule has 0 aromatic heterocycles. The smallest absolute Gasteiger partial charge is 0.323 e. The second-order valence-corrected chi connectivity index (χ2v) is 6.87. The van der Waals surface area contributed by atoms with Gasteiger partial charge in [-0.25, -0.2) is 4.79 Å². The van der Waals surface area contributed by atoms with Crippen molar-refractivity contribution in [3.8, 4) is 0 Å². The van der Waals surface area contributed by atoms with Crippen molar-refractivity contribution in [3.05, 3.63) is 58.6 Å². The first-order chi connectivity index (χ1) is 13.0. The van der Waals surface area contributed by atoms with Crippen molar-refractivity contribution in [1.29, 1.82) is 0 Å². The predicted molar refractivity (Wildman–Crippen MR) is 113 cm³/mol. The molecule has 0 unspecified atom stereocenters. The number of nitrogens with one attached hydrogen (secondary N) is 3. The Balaban J connectivity index is 1.83. The summed E-state index contributed by atoms with van der Waals surface area (Å²) in [5, 5.41) is 8.41. The fraction of sp³-hybridized carbons (Fsp3) is 0.300. The Kier molecular flexibility index (Phi) is 8.29. The fourth-order valence-electron chi connectivity index (χ4n) is 2.53. The molecule has 144 valence electrons. The number of anilines is 2. The van der Waals surface area contributed by atoms with E-state index in [2.05, 4.69) is 50.6 Å². The van der Waals surface area contributed by atoms with E-state index in [4.69, 9.17) is 0 Å². The molecule has 0 saturated carbocycles. The van der Waals surface area contributed by atoms with E-state index < -0.39 is 0 Å². The highest BCUT2D eigenvalue weighted by Crippen LogP contribution is 2.16. The molecule has 0 aliphatic rings. The number of urea groups is 1. The van der Waals surface area contributed by atoms with E-state index in [1.165, 1.54) is 0 Å². The van der Waals surface area contributed by atoms with Crippen molar-refractivity contribution in [2.24, 2.45) is 0 Å². The summed E-state index contributed by atoms with van der Waals surface area (Å²) in [6.45, 7) is 7.57. The number of benzene rings is 2. The highest BCUT2D eigenvalue weighted by Gasteiger charge is 2.07. The van der Waals surface area contributed by atoms with Crippen LogP contribution in [0.15, 0.2) is 53.0 Å². The Morgan fingerprint density at radius 1 is 0.963 bits per heavy atom. The van der Waals surface area contributed by atoms with Crippen LogP contribution in [0.3, 0.4) is 0 Å². The number of carbonyl (C=O) groups excluding carboxylic acids is 2. The maximum absolute atomic E-state index is 12.2. The molecule has 0 aliphatic heterocycles. The Hall–Kier alpha value is -2.38. The number of hydrogen-bond donors (Lipinski definition) is 3. The van der Waals surface area contributed by atoms with E-state index in [0.29, 0.717) is 23.5 Å². The van der Waals surface area contributed by atoms with Gasteiger partial charge in [0.05, 0.1) is 0 Å². The molecule has 2 rings (SSSR count). The minimum Gasteiger partial charge on any atom is -0.351 e. The zero-order chi connectivity index (χ0) is 19.6. The molecule has 0 fully saturated rings. The lowest BCUT2D eigenvalue weighted by Gasteiger charge is -2.18. The first kappa shape index (κ1) is 20.9. The van der Waals surface area contributed by atoms with Crippen LogP contribution >= 0.6 is 15.9 Å². The van der Waals surface area contributed by atoms with Gasteiger partial charge in [-0.2, -0.15) is 0 Å². The number of rotatable bonds is 8. The van der Waals surface area contributed by atoms with Gasteiger partial charge in [-0.1, -0.05) is 35.8 Å². The number of halogens is 1. The van der Waals surface area contributed by atoms with Crippen LogP contribution in [0.1, 0.15) is 24.2 Å². The standard InChI is InChI=1S/C20H25BrN4O2/c1-3-25(4-2)13-12-22-19(26)15-8-10-17(11-9-15)23-20(27)24-18-7-5-6-16(21)14-18/h5-11,14H,3-4,12-13H2,1-2H3,(H,22,26)(H2,23,24,27). The molecule has 0 spiro atoms. The quantitative estimate of drug-likeness (QED) is 0.585. The summed E-state index contributed by atoms with van der Waals surface area (Å²) in [6, 6.07) is 13.8. The summed E-state index contributed by atoms with van der Waals surface area (Å²) in [5.41, 5.74) is 1.86. The molecule has 6 nitrogen and oxygen atoms in total. The average Bonchev–Trinajstić information content (AvgIpc) is 2.65. The van der Waals surface area contributed by atoms with Gasteiger partial charge in [0.1, 0.15) is 0 Å². The number of nitrogens with zero attached hydrogens (tertiary/aromatic N) is 1. The van der Waals surface area contributed by atoms with Crippen LogP contribution in [0.2, 0.25) is 0 Å². The molecule has 2 aromatic rings. The monoisotopic (exact) mass is 432 g/mol. The summed E-state index contributed by atoms with van der Waals surface area (Å²) in [7, 11) is 0. The maximum Gasteiger partial charge on any atom is 0.323 e. The average molecular weight is 433 g/mol. The van der Waals surface area contributed by atoms with Crippen molar-refractivity contribution in [1.82, 2.24) is 10.2 Å². The third kappa shape index (κ3) is 7.03. The van der Waals surface area contributed by atoms with Gasteiger partial charge in [-0.05, 0) is 55.6 Å². The first-order valence-corrected chi connectivity index (χ1v) is 9.75. The summed E-state index contributed by atoms with van der Waals surface area (Å²) < 4.78 is 0.886. The van der Waals surface area contributed by atoms with E-state index in [-0.39, 0.29) is 11.9 Å². The van der Waals surface area contributed by atoms with Gasteiger partial charge in [0.2, 0.25) is 0 Å². The van der Waals surface area contributed by atoms with Crippen LogP contribution in [0, 0.1) is 0 Å². The summed E-state index contributed by atoms with van der Waals surface area (Å²) in [4.78, 5) is 26.5. The lowest BCUT2D eigenvalue weighted by atomic mass is 10.2. The van der Waals surface area contributed by atoms with Crippen LogP contribution in [-0.4, -0.2) is 43.0 Å². The van der Waals surface area contributed by atoms with Crippen molar-refractivity contribution in [3.63, 3.8) is 0 Å². The predicted octanol–water partition coefficient (Wildman–Crippen LogP) is 4.16. The largest absolute Gasteiger partial charge is 0.351 e. The molecule has 0 bridgehead atoms. The van der Waals surface area contributed by atoms with Gasteiger partial charge < -0.3 is 20.9 Å². The minimum absolute atomic E-state index is 0.118. The molecule has 0 radical (unpaired) electrons. The van der Waals surface area contributed by atoms with Crippen molar-refractivity contribution < 1.29 is 9.59 Å².